The van der Waals surface area contributed by atoms with Gasteiger partial charge in [-0.1, -0.05) is 18.2 Å². The number of aromatic hydroxyl groups is 1. The highest BCUT2D eigenvalue weighted by Crippen LogP contribution is 2.44. The zero-order valence-electron chi connectivity index (χ0n) is 10.3. The highest BCUT2D eigenvalue weighted by molar-refractivity contribution is 8.00. The number of nitrogens with one attached hydrogen (secondary N) is 2. The molecule has 0 aliphatic carbocycles. The van der Waals surface area contributed by atoms with Crippen LogP contribution in [0.15, 0.2) is 24.3 Å². The third-order valence-corrected chi connectivity index (χ3v) is 4.37. The first-order valence-electron chi connectivity index (χ1n) is 5.91. The fourth-order valence-corrected chi connectivity index (χ4v) is 3.44. The fourth-order valence-electron chi connectivity index (χ4n) is 2.22. The number of rotatable bonds is 1. The highest BCUT2D eigenvalue weighted by Gasteiger charge is 2.29. The van der Waals surface area contributed by atoms with Gasteiger partial charge in [0.1, 0.15) is 5.75 Å². The van der Waals surface area contributed by atoms with E-state index < -0.39 is 0 Å². The Morgan fingerprint density at radius 1 is 1.42 bits per heavy atom. The maximum Gasteiger partial charge on any atom is 0.235 e. The molecule has 0 bridgehead atoms. The lowest BCUT2D eigenvalue weighted by molar-refractivity contribution is -0.113. The highest BCUT2D eigenvalue weighted by atomic mass is 32.2. The van der Waals surface area contributed by atoms with Gasteiger partial charge in [-0.15, -0.1) is 11.8 Å². The number of phenols is 1. The quantitative estimate of drug-likeness (QED) is 0.745. The number of phenolic OH excluding ortho intramolecular Hbond substituents is 1. The number of para-hydroxylation sites is 1. The van der Waals surface area contributed by atoms with Crippen molar-refractivity contribution in [3.63, 3.8) is 0 Å². The van der Waals surface area contributed by atoms with Crippen molar-refractivity contribution in [2.75, 3.05) is 11.1 Å². The van der Waals surface area contributed by atoms with E-state index in [4.69, 9.17) is 0 Å². The monoisotopic (exact) mass is 275 g/mol. The molecule has 1 aromatic carbocycles. The Morgan fingerprint density at radius 2 is 2.21 bits per heavy atom. The van der Waals surface area contributed by atoms with Crippen LogP contribution in [-0.4, -0.2) is 27.0 Å². The molecular formula is C13H13N3O2S. The van der Waals surface area contributed by atoms with Gasteiger partial charge >= 0.3 is 0 Å². The van der Waals surface area contributed by atoms with Gasteiger partial charge in [-0.25, -0.2) is 0 Å². The molecule has 0 fully saturated rings. The second kappa shape index (κ2) is 4.62. The minimum absolute atomic E-state index is 0.0735. The summed E-state index contributed by atoms with van der Waals surface area (Å²) in [6, 6.07) is 7.20. The van der Waals surface area contributed by atoms with Gasteiger partial charge in [0.15, 0.2) is 5.82 Å². The summed E-state index contributed by atoms with van der Waals surface area (Å²) in [5.41, 5.74) is 2.63. The average molecular weight is 275 g/mol. The van der Waals surface area contributed by atoms with Crippen molar-refractivity contribution in [3.05, 3.63) is 41.1 Å². The number of fused-ring (bicyclic) bond motifs is 1. The third kappa shape index (κ3) is 2.08. The third-order valence-electron chi connectivity index (χ3n) is 3.11. The zero-order valence-corrected chi connectivity index (χ0v) is 11.1. The Labute approximate surface area is 114 Å². The van der Waals surface area contributed by atoms with E-state index in [0.29, 0.717) is 11.6 Å². The molecule has 1 aliphatic heterocycles. The number of aromatic nitrogens is 2. The number of thioether (sulfide) groups is 1. The Bertz CT molecular complexity index is 639. The molecule has 3 rings (SSSR count). The van der Waals surface area contributed by atoms with Crippen molar-refractivity contribution >= 4 is 23.5 Å². The van der Waals surface area contributed by atoms with Crippen LogP contribution in [0.25, 0.3) is 0 Å². The lowest BCUT2D eigenvalue weighted by Crippen LogP contribution is -2.12. The van der Waals surface area contributed by atoms with E-state index in [2.05, 4.69) is 15.5 Å². The number of aryl methyl sites for hydroxylation is 1. The van der Waals surface area contributed by atoms with Crippen LogP contribution < -0.4 is 5.32 Å². The molecule has 2 heterocycles. The number of nitrogens with zero attached hydrogens (tertiary/aromatic N) is 1. The molecule has 19 heavy (non-hydrogen) atoms. The number of anilines is 1. The summed E-state index contributed by atoms with van der Waals surface area (Å²) in [6.45, 7) is 1.91. The van der Waals surface area contributed by atoms with Crippen molar-refractivity contribution in [2.45, 2.75) is 12.2 Å². The molecule has 0 saturated heterocycles. The van der Waals surface area contributed by atoms with Crippen molar-refractivity contribution in [2.24, 2.45) is 0 Å². The molecule has 0 spiro atoms. The van der Waals surface area contributed by atoms with Gasteiger partial charge < -0.3 is 10.4 Å². The van der Waals surface area contributed by atoms with E-state index >= 15 is 0 Å². The van der Waals surface area contributed by atoms with Crippen LogP contribution in [-0.2, 0) is 4.79 Å². The van der Waals surface area contributed by atoms with Gasteiger partial charge in [0, 0.05) is 16.8 Å². The zero-order chi connectivity index (χ0) is 13.4. The molecule has 0 radical (unpaired) electrons. The molecule has 6 heteroatoms. The van der Waals surface area contributed by atoms with Crippen LogP contribution >= 0.6 is 11.8 Å². The molecule has 5 nitrogen and oxygen atoms in total. The molecule has 1 aliphatic rings. The summed E-state index contributed by atoms with van der Waals surface area (Å²) in [6.07, 6.45) is 0. The van der Waals surface area contributed by atoms with Gasteiger partial charge in [-0.3, -0.25) is 9.89 Å². The van der Waals surface area contributed by atoms with Crippen molar-refractivity contribution < 1.29 is 9.90 Å². The molecular weight excluding hydrogens is 262 g/mol. The van der Waals surface area contributed by atoms with Gasteiger partial charge in [0.2, 0.25) is 5.91 Å². The van der Waals surface area contributed by atoms with Crippen LogP contribution in [0, 0.1) is 6.92 Å². The van der Waals surface area contributed by atoms with Gasteiger partial charge in [-0.2, -0.15) is 5.10 Å². The number of H-pyrrole nitrogens is 1. The second-order valence-corrected chi connectivity index (χ2v) is 5.50. The Hall–Kier alpha value is -1.95. The maximum absolute atomic E-state index is 11.7. The van der Waals surface area contributed by atoms with Crippen LogP contribution in [0.1, 0.15) is 22.1 Å². The molecule has 3 N–H and O–H groups in total. The summed E-state index contributed by atoms with van der Waals surface area (Å²) in [7, 11) is 0. The number of hydrogen-bond donors (Lipinski definition) is 3. The molecule has 1 unspecified atom stereocenters. The summed E-state index contributed by atoms with van der Waals surface area (Å²) in [5.74, 6) is 1.06. The molecule has 1 amide bonds. The number of carbonyl (C=O) groups excluding carboxylic acids is 1. The molecule has 0 saturated carbocycles. The minimum Gasteiger partial charge on any atom is -0.508 e. The summed E-state index contributed by atoms with van der Waals surface area (Å²) in [5, 5.41) is 19.7. The van der Waals surface area contributed by atoms with Crippen LogP contribution in [0.5, 0.6) is 5.75 Å². The van der Waals surface area contributed by atoms with Crippen LogP contribution in [0.4, 0.5) is 5.82 Å². The lowest BCUT2D eigenvalue weighted by Gasteiger charge is -2.16. The largest absolute Gasteiger partial charge is 0.508 e. The van der Waals surface area contributed by atoms with E-state index in [0.717, 1.165) is 16.8 Å². The summed E-state index contributed by atoms with van der Waals surface area (Å²) < 4.78 is 0. The first-order chi connectivity index (χ1) is 9.16. The number of carbonyl (C=O) groups is 1. The Morgan fingerprint density at radius 3 is 3.00 bits per heavy atom. The molecule has 1 aromatic heterocycles. The van der Waals surface area contributed by atoms with E-state index in [1.165, 1.54) is 11.8 Å². The van der Waals surface area contributed by atoms with Gasteiger partial charge in [0.25, 0.3) is 0 Å². The molecule has 1 atom stereocenters. The first kappa shape index (κ1) is 12.1. The lowest BCUT2D eigenvalue weighted by atomic mass is 10.0. The van der Waals surface area contributed by atoms with Crippen molar-refractivity contribution in [1.29, 1.82) is 0 Å². The van der Waals surface area contributed by atoms with Crippen LogP contribution in [0.2, 0.25) is 0 Å². The topological polar surface area (TPSA) is 78.0 Å². The number of hydrogen-bond acceptors (Lipinski definition) is 4. The standard InChI is InChI=1S/C13H13N3O2S/c1-7-11-12(8-4-2-3-5-9(8)17)19-6-10(18)14-13(11)16-15-7/h2-5,12,17H,6H2,1H3,(H2,14,15,16,18). The van der Waals surface area contributed by atoms with E-state index in [9.17, 15) is 9.90 Å². The predicted octanol–water partition coefficient (Wildman–Crippen LogP) is 2.20. The predicted molar refractivity (Wildman–Crippen MR) is 74.4 cm³/mol. The van der Waals surface area contributed by atoms with E-state index in [1.54, 1.807) is 12.1 Å². The SMILES string of the molecule is Cc1[nH]nc2c1C(c1ccccc1O)SCC(=O)N2. The first-order valence-corrected chi connectivity index (χ1v) is 6.96. The van der Waals surface area contributed by atoms with Crippen LogP contribution in [0.3, 0.4) is 0 Å². The number of amides is 1. The molecule has 2 aromatic rings. The Kier molecular flexibility index (Phi) is 2.94. The smallest absolute Gasteiger partial charge is 0.235 e. The minimum atomic E-state index is -0.103. The number of benzene rings is 1. The second-order valence-electron chi connectivity index (χ2n) is 4.41. The van der Waals surface area contributed by atoms with Crippen molar-refractivity contribution in [3.8, 4) is 5.75 Å². The van der Waals surface area contributed by atoms with Crippen molar-refractivity contribution in [1.82, 2.24) is 10.2 Å². The summed E-state index contributed by atoms with van der Waals surface area (Å²) >= 11 is 1.49. The van der Waals surface area contributed by atoms with E-state index in [1.807, 2.05) is 19.1 Å². The normalized spacial score (nSPS) is 18.6. The van der Waals surface area contributed by atoms with Gasteiger partial charge in [0.05, 0.1) is 11.0 Å². The van der Waals surface area contributed by atoms with E-state index in [-0.39, 0.29) is 16.9 Å². The Balaban J connectivity index is 2.14. The summed E-state index contributed by atoms with van der Waals surface area (Å²) in [4.78, 5) is 11.7. The fraction of sp³-hybridized carbons (Fsp3) is 0.231. The van der Waals surface area contributed by atoms with Gasteiger partial charge in [-0.05, 0) is 13.0 Å². The number of aromatic amines is 1. The maximum atomic E-state index is 11.7. The average Bonchev–Trinajstić information content (AvgIpc) is 2.65. The molecule has 98 valence electrons.